The Labute approximate surface area is 237 Å². The van der Waals surface area contributed by atoms with E-state index in [4.69, 9.17) is 9.40 Å². The van der Waals surface area contributed by atoms with E-state index in [0.717, 1.165) is 29.8 Å². The third-order valence-electron chi connectivity index (χ3n) is 9.73. The molecule has 0 amide bonds. The summed E-state index contributed by atoms with van der Waals surface area (Å²) < 4.78 is 60.8. The lowest BCUT2D eigenvalue weighted by molar-refractivity contribution is 0.204. The Kier molecular flexibility index (Phi) is 5.58. The van der Waals surface area contributed by atoms with Gasteiger partial charge in [-0.1, -0.05) is 19.9 Å². The molecule has 0 spiro atoms. The minimum absolute atomic E-state index is 0.0666. The van der Waals surface area contributed by atoms with Gasteiger partial charge in [0.25, 0.3) is 0 Å². The highest BCUT2D eigenvalue weighted by Gasteiger charge is 2.65. The van der Waals surface area contributed by atoms with Crippen LogP contribution in [0.25, 0.3) is 17.3 Å². The third kappa shape index (κ3) is 3.60. The van der Waals surface area contributed by atoms with Crippen molar-refractivity contribution in [3.8, 4) is 11.6 Å². The number of hydrazine groups is 1. The van der Waals surface area contributed by atoms with Gasteiger partial charge in [0.05, 0.1) is 39.5 Å². The van der Waals surface area contributed by atoms with E-state index in [0.29, 0.717) is 29.9 Å². The molecule has 41 heavy (non-hydrogen) atoms. The highest BCUT2D eigenvalue weighted by molar-refractivity contribution is 7.92. The lowest BCUT2D eigenvalue weighted by Crippen LogP contribution is -2.47. The summed E-state index contributed by atoms with van der Waals surface area (Å²) in [4.78, 5) is 14.0. The van der Waals surface area contributed by atoms with Gasteiger partial charge in [0.2, 0.25) is 5.89 Å². The van der Waals surface area contributed by atoms with Crippen molar-refractivity contribution in [2.24, 2.45) is 11.3 Å². The van der Waals surface area contributed by atoms with Gasteiger partial charge in [-0.25, -0.2) is 27.2 Å². The van der Waals surface area contributed by atoms with Crippen molar-refractivity contribution >= 4 is 15.5 Å². The molecule has 7 rings (SSSR count). The first-order chi connectivity index (χ1) is 19.5. The van der Waals surface area contributed by atoms with Crippen LogP contribution >= 0.6 is 0 Å². The number of nitrogens with zero attached hydrogens (tertiary/aromatic N) is 4. The van der Waals surface area contributed by atoms with E-state index in [-0.39, 0.29) is 28.0 Å². The minimum Gasteiger partial charge on any atom is -0.443 e. The number of allylic oxidation sites excluding steroid dienone is 3. The Hall–Kier alpha value is -3.60. The number of benzene rings is 1. The summed E-state index contributed by atoms with van der Waals surface area (Å²) in [6, 6.07) is 3.89. The van der Waals surface area contributed by atoms with Crippen molar-refractivity contribution in [2.75, 3.05) is 7.05 Å². The van der Waals surface area contributed by atoms with Crippen molar-refractivity contribution in [3.05, 3.63) is 82.8 Å². The number of sulfone groups is 1. The molecule has 0 saturated heterocycles. The summed E-state index contributed by atoms with van der Waals surface area (Å²) >= 11 is 0. The Morgan fingerprint density at radius 2 is 1.85 bits per heavy atom. The zero-order valence-corrected chi connectivity index (χ0v) is 24.1. The van der Waals surface area contributed by atoms with Gasteiger partial charge >= 0.3 is 0 Å². The Balaban J connectivity index is 1.30. The average Bonchev–Trinajstić information content (AvgIpc) is 3.59. The van der Waals surface area contributed by atoms with Crippen molar-refractivity contribution in [1.29, 1.82) is 0 Å². The smallest absolute Gasteiger partial charge is 0.246 e. The van der Waals surface area contributed by atoms with Gasteiger partial charge < -0.3 is 9.84 Å². The normalized spacial score (nSPS) is 25.7. The maximum absolute atomic E-state index is 14.8. The van der Waals surface area contributed by atoms with Crippen molar-refractivity contribution in [3.63, 3.8) is 0 Å². The van der Waals surface area contributed by atoms with E-state index in [2.05, 4.69) is 29.2 Å². The molecule has 4 aliphatic rings. The summed E-state index contributed by atoms with van der Waals surface area (Å²) in [6.07, 6.45) is 9.70. The van der Waals surface area contributed by atoms with Crippen LogP contribution in [0.2, 0.25) is 0 Å². The summed E-state index contributed by atoms with van der Waals surface area (Å²) in [5.74, 6) is -0.881. The number of hydrogen-bond acceptors (Lipinski definition) is 8. The van der Waals surface area contributed by atoms with E-state index in [9.17, 15) is 17.2 Å². The molecule has 3 heterocycles. The van der Waals surface area contributed by atoms with Crippen LogP contribution in [0, 0.1) is 23.0 Å². The molecule has 11 heteroatoms. The third-order valence-corrected chi connectivity index (χ3v) is 12.4. The number of nitrogens with one attached hydrogen (secondary N) is 1. The molecule has 3 aliphatic carbocycles. The maximum atomic E-state index is 14.8. The fourth-order valence-corrected chi connectivity index (χ4v) is 9.06. The SMILES string of the molecule is C[C@H](c1coc(-c2cncc([C@@]34CC[C@@H](C5=C3NN(C)C(c3c(F)cccc3F)=C5)C4(C)C)n2)n1)S(=O)(=O)C1CC1. The van der Waals surface area contributed by atoms with Gasteiger partial charge in [-0.05, 0) is 67.7 Å². The Bertz CT molecular complexity index is 1740. The Morgan fingerprint density at radius 3 is 2.56 bits per heavy atom. The quantitative estimate of drug-likeness (QED) is 0.410. The average molecular weight is 580 g/mol. The molecule has 2 aromatic heterocycles. The van der Waals surface area contributed by atoms with Crippen LogP contribution in [-0.4, -0.2) is 40.7 Å². The van der Waals surface area contributed by atoms with Crippen molar-refractivity contribution in [1.82, 2.24) is 25.4 Å². The first-order valence-electron chi connectivity index (χ1n) is 13.9. The van der Waals surface area contributed by atoms with E-state index < -0.39 is 32.1 Å². The van der Waals surface area contributed by atoms with E-state index in [1.807, 2.05) is 6.08 Å². The van der Waals surface area contributed by atoms with Gasteiger partial charge in [-0.3, -0.25) is 9.99 Å². The van der Waals surface area contributed by atoms with Crippen molar-refractivity contribution < 1.29 is 21.6 Å². The number of aromatic nitrogens is 3. The molecule has 0 unspecified atom stereocenters. The second-order valence-electron chi connectivity index (χ2n) is 12.1. The van der Waals surface area contributed by atoms with Gasteiger partial charge in [-0.2, -0.15) is 0 Å². The molecule has 8 nitrogen and oxygen atoms in total. The minimum atomic E-state index is -3.31. The van der Waals surface area contributed by atoms with E-state index in [1.54, 1.807) is 31.4 Å². The summed E-state index contributed by atoms with van der Waals surface area (Å²) in [6.45, 7) is 6.04. The monoisotopic (exact) mass is 579 g/mol. The van der Waals surface area contributed by atoms with Crippen LogP contribution < -0.4 is 5.43 Å². The number of hydrogen-bond donors (Lipinski definition) is 1. The molecular weight excluding hydrogens is 548 g/mol. The number of rotatable bonds is 6. The zero-order valence-electron chi connectivity index (χ0n) is 23.3. The topological polar surface area (TPSA) is 101 Å². The molecule has 3 aromatic rings. The first kappa shape index (κ1) is 26.3. The van der Waals surface area contributed by atoms with Crippen molar-refractivity contribution in [2.45, 2.75) is 62.4 Å². The van der Waals surface area contributed by atoms with E-state index in [1.165, 1.54) is 24.5 Å². The molecule has 1 N–H and O–H groups in total. The van der Waals surface area contributed by atoms with Crippen LogP contribution in [0.4, 0.5) is 8.78 Å². The molecule has 1 aliphatic heterocycles. The molecule has 1 aromatic carbocycles. The summed E-state index contributed by atoms with van der Waals surface area (Å²) in [5, 5.41) is 0.604. The number of halogens is 2. The molecule has 2 fully saturated rings. The van der Waals surface area contributed by atoms with Crippen LogP contribution in [-0.2, 0) is 15.3 Å². The van der Waals surface area contributed by atoms with Crippen LogP contribution in [0.5, 0.6) is 0 Å². The highest BCUT2D eigenvalue weighted by atomic mass is 32.2. The highest BCUT2D eigenvalue weighted by Crippen LogP contribution is 2.68. The fraction of sp³-hybridized carbons (Fsp3) is 0.433. The molecule has 2 bridgehead atoms. The lowest BCUT2D eigenvalue weighted by Gasteiger charge is -2.42. The Morgan fingerprint density at radius 1 is 1.12 bits per heavy atom. The molecule has 3 atom stereocenters. The van der Waals surface area contributed by atoms with Gasteiger partial charge in [0.1, 0.15) is 28.8 Å². The standard InChI is InChI=1S/C30H31F2N5O3S/c1-16(41(38,39)17-8-9-17)23-15-40-28(35-23)22-13-33-14-25(34-22)30-11-10-19(29(30,2)3)18-12-24(37(4)36-27(18)30)26-20(31)6-5-7-21(26)32/h5-7,12-17,19,36H,8-11H2,1-4H3/t16-,19+,30+/m1/s1. The summed E-state index contributed by atoms with van der Waals surface area (Å²) in [5.41, 5.74) is 6.47. The lowest BCUT2D eigenvalue weighted by atomic mass is 9.66. The van der Waals surface area contributed by atoms with Crippen LogP contribution in [0.1, 0.15) is 68.7 Å². The van der Waals surface area contributed by atoms with Crippen LogP contribution in [0.15, 0.2) is 58.6 Å². The first-order valence-corrected chi connectivity index (χ1v) is 15.5. The molecule has 0 radical (unpaired) electrons. The number of fused-ring (bicyclic) bond motifs is 4. The van der Waals surface area contributed by atoms with Gasteiger partial charge in [0.15, 0.2) is 9.84 Å². The second kappa shape index (κ2) is 8.70. The van der Waals surface area contributed by atoms with E-state index >= 15 is 0 Å². The van der Waals surface area contributed by atoms with Gasteiger partial charge in [0, 0.05) is 18.9 Å². The predicted octanol–water partition coefficient (Wildman–Crippen LogP) is 5.48. The fourth-order valence-electron chi connectivity index (χ4n) is 7.25. The predicted molar refractivity (Wildman–Crippen MR) is 148 cm³/mol. The molecule has 2 saturated carbocycles. The maximum Gasteiger partial charge on any atom is 0.246 e. The molecule has 214 valence electrons. The van der Waals surface area contributed by atoms with Crippen LogP contribution in [0.3, 0.4) is 0 Å². The van der Waals surface area contributed by atoms with Gasteiger partial charge in [-0.15, -0.1) is 0 Å². The number of oxazole rings is 1. The summed E-state index contributed by atoms with van der Waals surface area (Å²) in [7, 11) is -1.56. The molecular formula is C30H31F2N5O3S. The zero-order chi connectivity index (χ0) is 28.9. The second-order valence-corrected chi connectivity index (χ2v) is 14.7. The largest absolute Gasteiger partial charge is 0.443 e.